The van der Waals surface area contributed by atoms with E-state index in [1.807, 2.05) is 6.08 Å². The minimum absolute atomic E-state index is 0.308. The summed E-state index contributed by atoms with van der Waals surface area (Å²) < 4.78 is 11.2. The van der Waals surface area contributed by atoms with Crippen LogP contribution in [-0.2, 0) is 14.3 Å². The lowest BCUT2D eigenvalue weighted by atomic mass is 9.99. The van der Waals surface area contributed by atoms with Crippen LogP contribution < -0.4 is 5.32 Å². The number of nitrogens with one attached hydrogen (secondary N) is 1. The van der Waals surface area contributed by atoms with Gasteiger partial charge in [-0.1, -0.05) is 321 Å². The van der Waals surface area contributed by atoms with Crippen molar-refractivity contribution in [3.63, 3.8) is 0 Å². The number of unbranched alkanes of at least 4 members (excludes halogenated alkanes) is 45. The maximum Gasteiger partial charge on any atom is 0.249 e. The highest BCUT2D eigenvalue weighted by Gasteiger charge is 2.44. The first-order valence-corrected chi connectivity index (χ1v) is 33.2. The molecule has 0 aliphatic carbocycles. The molecule has 8 unspecified atom stereocenters. The first-order valence-electron chi connectivity index (χ1n) is 33.2. The molecule has 0 saturated carbocycles. The van der Waals surface area contributed by atoms with Gasteiger partial charge >= 0.3 is 0 Å². The maximum absolute atomic E-state index is 13.1. The summed E-state index contributed by atoms with van der Waals surface area (Å²) in [5.41, 5.74) is 0. The largest absolute Gasteiger partial charge is 0.394 e. The Labute approximate surface area is 469 Å². The van der Waals surface area contributed by atoms with Crippen molar-refractivity contribution in [2.45, 2.75) is 377 Å². The maximum atomic E-state index is 13.1. The number of rotatable bonds is 58. The van der Waals surface area contributed by atoms with Crippen LogP contribution in [0.3, 0.4) is 0 Å². The minimum atomic E-state index is -1.61. The first kappa shape index (κ1) is 72.6. The summed E-state index contributed by atoms with van der Waals surface area (Å²) in [5, 5.41) is 65.0. The predicted octanol–water partition coefficient (Wildman–Crippen LogP) is 16.3. The SMILES string of the molecule is CCCCCCCCC/C=C/CC/C=C/C(O)C(COC1OC(CO)C(O)C(O)C1O)NC(=O)C(O)CCCCCCCCCCCCCCCCCCCCCCCCCCCCCCCCCCCCCCCC. The average Bonchev–Trinajstić information content (AvgIpc) is 3.42. The van der Waals surface area contributed by atoms with Crippen LogP contribution in [-0.4, -0.2) is 98.7 Å². The molecule has 1 fully saturated rings. The zero-order valence-corrected chi connectivity index (χ0v) is 49.9. The molecule has 1 aliphatic rings. The fourth-order valence-corrected chi connectivity index (χ4v) is 10.8. The van der Waals surface area contributed by atoms with Gasteiger partial charge in [0.15, 0.2) is 6.29 Å². The van der Waals surface area contributed by atoms with Crippen LogP contribution in [0.1, 0.15) is 328 Å². The zero-order valence-electron chi connectivity index (χ0n) is 49.9. The Morgan fingerprint density at radius 1 is 0.447 bits per heavy atom. The van der Waals surface area contributed by atoms with Crippen LogP contribution in [0, 0.1) is 0 Å². The molecule has 0 aromatic rings. The molecule has 1 aliphatic heterocycles. The van der Waals surface area contributed by atoms with E-state index >= 15 is 0 Å². The van der Waals surface area contributed by atoms with E-state index < -0.39 is 61.5 Å². The molecule has 1 saturated heterocycles. The van der Waals surface area contributed by atoms with Gasteiger partial charge in [0.1, 0.15) is 30.5 Å². The average molecular weight is 1080 g/mol. The quantitative estimate of drug-likeness (QED) is 0.0232. The van der Waals surface area contributed by atoms with E-state index in [2.05, 4.69) is 31.3 Å². The smallest absolute Gasteiger partial charge is 0.249 e. The Morgan fingerprint density at radius 3 is 1.14 bits per heavy atom. The Balaban J connectivity index is 2.05. The standard InChI is InChI=1S/C66H127NO9/c1-3-5-7-9-11-13-15-17-18-19-20-21-22-23-24-25-26-27-28-29-30-31-32-33-34-35-36-37-38-39-40-41-43-45-47-49-51-53-55-60(70)65(74)67-58(57-75-66-64(73)63(72)62(71)61(56-68)76-66)59(69)54-52-50-48-46-44-42-16-14-12-10-8-6-4-2/h44,46,52,54,58-64,66,68-73H,3-43,45,47-51,53,55-57H2,1-2H3,(H,67,74)/b46-44+,54-52+. The first-order chi connectivity index (χ1) is 37.3. The van der Waals surface area contributed by atoms with E-state index in [1.54, 1.807) is 6.08 Å². The van der Waals surface area contributed by atoms with Gasteiger partial charge in [-0.2, -0.15) is 0 Å². The molecule has 1 amide bonds. The Morgan fingerprint density at radius 2 is 0.776 bits per heavy atom. The third-order valence-corrected chi connectivity index (χ3v) is 16.1. The molecule has 10 heteroatoms. The lowest BCUT2D eigenvalue weighted by Gasteiger charge is -2.40. The highest BCUT2D eigenvalue weighted by molar-refractivity contribution is 5.80. The number of carbonyl (C=O) groups excluding carboxylic acids is 1. The number of hydrogen-bond acceptors (Lipinski definition) is 9. The van der Waals surface area contributed by atoms with Crippen molar-refractivity contribution in [3.8, 4) is 0 Å². The van der Waals surface area contributed by atoms with Crippen LogP contribution in [0.25, 0.3) is 0 Å². The van der Waals surface area contributed by atoms with Gasteiger partial charge < -0.3 is 45.4 Å². The number of aliphatic hydroxyl groups excluding tert-OH is 6. The molecule has 8 atom stereocenters. The van der Waals surface area contributed by atoms with Gasteiger partial charge in [0.2, 0.25) is 5.91 Å². The fraction of sp³-hybridized carbons (Fsp3) is 0.924. The molecule has 0 aromatic heterocycles. The van der Waals surface area contributed by atoms with Gasteiger partial charge in [0, 0.05) is 0 Å². The normalized spacial score (nSPS) is 19.3. The van der Waals surface area contributed by atoms with E-state index in [0.717, 1.165) is 38.5 Å². The predicted molar refractivity (Wildman–Crippen MR) is 320 cm³/mol. The minimum Gasteiger partial charge on any atom is -0.394 e. The van der Waals surface area contributed by atoms with E-state index in [0.29, 0.717) is 12.8 Å². The molecular formula is C66H127NO9. The van der Waals surface area contributed by atoms with Gasteiger partial charge in [-0.15, -0.1) is 0 Å². The number of ether oxygens (including phenoxy) is 2. The zero-order chi connectivity index (χ0) is 55.2. The highest BCUT2D eigenvalue weighted by atomic mass is 16.7. The van der Waals surface area contributed by atoms with E-state index in [9.17, 15) is 35.4 Å². The van der Waals surface area contributed by atoms with Gasteiger partial charge in [0.05, 0.1) is 25.4 Å². The molecule has 1 rings (SSSR count). The van der Waals surface area contributed by atoms with E-state index in [1.165, 1.54) is 263 Å². The summed E-state index contributed by atoms with van der Waals surface area (Å²) in [7, 11) is 0. The summed E-state index contributed by atoms with van der Waals surface area (Å²) in [5.74, 6) is -0.621. The third-order valence-electron chi connectivity index (χ3n) is 16.1. The lowest BCUT2D eigenvalue weighted by Crippen LogP contribution is -2.60. The van der Waals surface area contributed by atoms with Crippen molar-refractivity contribution in [2.75, 3.05) is 13.2 Å². The van der Waals surface area contributed by atoms with Gasteiger partial charge in [-0.05, 0) is 32.1 Å². The van der Waals surface area contributed by atoms with Crippen LogP contribution in [0.2, 0.25) is 0 Å². The van der Waals surface area contributed by atoms with Crippen molar-refractivity contribution >= 4 is 5.91 Å². The second kappa shape index (κ2) is 55.5. The van der Waals surface area contributed by atoms with Crippen molar-refractivity contribution in [2.24, 2.45) is 0 Å². The number of amides is 1. The summed E-state index contributed by atoms with van der Waals surface area (Å²) >= 11 is 0. The second-order valence-corrected chi connectivity index (χ2v) is 23.4. The third kappa shape index (κ3) is 43.4. The van der Waals surface area contributed by atoms with E-state index in [4.69, 9.17) is 9.47 Å². The molecule has 0 bridgehead atoms. The Kier molecular flexibility index (Phi) is 53.1. The number of aliphatic hydroxyl groups is 6. The molecule has 450 valence electrons. The summed E-state index contributed by atoms with van der Waals surface area (Å²) in [6.45, 7) is 3.62. The monoisotopic (exact) mass is 1080 g/mol. The molecule has 0 spiro atoms. The fourth-order valence-electron chi connectivity index (χ4n) is 10.8. The number of carbonyl (C=O) groups is 1. The van der Waals surface area contributed by atoms with Crippen LogP contribution >= 0.6 is 0 Å². The van der Waals surface area contributed by atoms with Crippen LogP contribution in [0.4, 0.5) is 0 Å². The molecule has 1 heterocycles. The summed E-state index contributed by atoms with van der Waals surface area (Å²) in [6, 6.07) is -0.994. The van der Waals surface area contributed by atoms with Gasteiger partial charge in [0.25, 0.3) is 0 Å². The van der Waals surface area contributed by atoms with Gasteiger partial charge in [-0.3, -0.25) is 4.79 Å². The van der Waals surface area contributed by atoms with Crippen molar-refractivity contribution < 1.29 is 44.9 Å². The molecule has 10 nitrogen and oxygen atoms in total. The molecule has 76 heavy (non-hydrogen) atoms. The van der Waals surface area contributed by atoms with Crippen molar-refractivity contribution in [3.05, 3.63) is 24.3 Å². The molecular weight excluding hydrogens is 951 g/mol. The highest BCUT2D eigenvalue weighted by Crippen LogP contribution is 2.23. The summed E-state index contributed by atoms with van der Waals surface area (Å²) in [4.78, 5) is 13.1. The van der Waals surface area contributed by atoms with Crippen LogP contribution in [0.5, 0.6) is 0 Å². The topological polar surface area (TPSA) is 169 Å². The number of hydrogen-bond donors (Lipinski definition) is 7. The Bertz CT molecular complexity index is 1270. The van der Waals surface area contributed by atoms with E-state index in [-0.39, 0.29) is 6.61 Å². The van der Waals surface area contributed by atoms with Crippen LogP contribution in [0.15, 0.2) is 24.3 Å². The molecule has 0 aromatic carbocycles. The van der Waals surface area contributed by atoms with Crippen molar-refractivity contribution in [1.29, 1.82) is 0 Å². The van der Waals surface area contributed by atoms with Crippen molar-refractivity contribution in [1.82, 2.24) is 5.32 Å². The molecule has 0 radical (unpaired) electrons. The summed E-state index contributed by atoms with van der Waals surface area (Å²) in [6.07, 6.45) is 62.0. The molecule has 7 N–H and O–H groups in total. The van der Waals surface area contributed by atoms with Gasteiger partial charge in [-0.25, -0.2) is 0 Å². The lowest BCUT2D eigenvalue weighted by molar-refractivity contribution is -0.302. The number of allylic oxidation sites excluding steroid dienone is 3. The second-order valence-electron chi connectivity index (χ2n) is 23.4. The Hall–Kier alpha value is -1.37.